The number of nitrogens with zero attached hydrogens (tertiary/aromatic N) is 1. The Balaban J connectivity index is 2.66. The zero-order valence-electron chi connectivity index (χ0n) is 13.7. The number of carbonyl (C=O) groups is 1. The summed E-state index contributed by atoms with van der Waals surface area (Å²) in [5.41, 5.74) is 7.15. The summed E-state index contributed by atoms with van der Waals surface area (Å²) >= 11 is 0. The van der Waals surface area contributed by atoms with Crippen molar-refractivity contribution >= 4 is 17.3 Å². The lowest BCUT2D eigenvalue weighted by atomic mass is 10.0. The van der Waals surface area contributed by atoms with Crippen LogP contribution in [-0.4, -0.2) is 29.9 Å². The Morgan fingerprint density at radius 2 is 1.95 bits per heavy atom. The molecule has 1 aromatic rings. The van der Waals surface area contributed by atoms with Gasteiger partial charge in [0.2, 0.25) is 5.91 Å². The SMILES string of the molecule is CCC(CC)CN(CC)C(C)C(=O)Nc1cccc(N)c1. The van der Waals surface area contributed by atoms with Crippen molar-refractivity contribution in [3.8, 4) is 0 Å². The molecule has 4 heteroatoms. The van der Waals surface area contributed by atoms with Gasteiger partial charge >= 0.3 is 0 Å². The first-order valence-electron chi connectivity index (χ1n) is 7.92. The van der Waals surface area contributed by atoms with Gasteiger partial charge in [0.05, 0.1) is 6.04 Å². The van der Waals surface area contributed by atoms with E-state index in [4.69, 9.17) is 5.73 Å². The largest absolute Gasteiger partial charge is 0.399 e. The molecular weight excluding hydrogens is 262 g/mol. The Kier molecular flexibility index (Phi) is 7.23. The number of benzene rings is 1. The van der Waals surface area contributed by atoms with Crippen molar-refractivity contribution in [3.05, 3.63) is 24.3 Å². The number of anilines is 2. The van der Waals surface area contributed by atoms with Crippen LogP contribution in [0.25, 0.3) is 0 Å². The molecular formula is C17H29N3O. The predicted octanol–water partition coefficient (Wildman–Crippen LogP) is 3.35. The molecule has 3 N–H and O–H groups in total. The number of hydrogen-bond acceptors (Lipinski definition) is 3. The van der Waals surface area contributed by atoms with Gasteiger partial charge in [-0.25, -0.2) is 0 Å². The van der Waals surface area contributed by atoms with E-state index >= 15 is 0 Å². The van der Waals surface area contributed by atoms with Crippen molar-refractivity contribution in [2.75, 3.05) is 24.1 Å². The minimum absolute atomic E-state index is 0.0217. The third-order valence-corrected chi connectivity index (χ3v) is 4.13. The molecule has 1 unspecified atom stereocenters. The second-order valence-electron chi connectivity index (χ2n) is 5.56. The lowest BCUT2D eigenvalue weighted by Gasteiger charge is -2.30. The first-order valence-corrected chi connectivity index (χ1v) is 7.92. The molecule has 1 atom stereocenters. The Hall–Kier alpha value is -1.55. The average molecular weight is 291 g/mol. The lowest BCUT2D eigenvalue weighted by Crippen LogP contribution is -2.44. The second-order valence-corrected chi connectivity index (χ2v) is 5.56. The summed E-state index contributed by atoms with van der Waals surface area (Å²) < 4.78 is 0. The van der Waals surface area contributed by atoms with Gasteiger partial charge in [0.1, 0.15) is 0 Å². The smallest absolute Gasteiger partial charge is 0.241 e. The number of likely N-dealkylation sites (N-methyl/N-ethyl adjacent to an activating group) is 1. The van der Waals surface area contributed by atoms with Crippen molar-refractivity contribution < 1.29 is 4.79 Å². The second kappa shape index (κ2) is 8.67. The highest BCUT2D eigenvalue weighted by molar-refractivity contribution is 5.94. The van der Waals surface area contributed by atoms with Crippen LogP contribution in [0, 0.1) is 5.92 Å². The molecule has 0 saturated carbocycles. The number of hydrogen-bond donors (Lipinski definition) is 2. The monoisotopic (exact) mass is 291 g/mol. The van der Waals surface area contributed by atoms with Gasteiger partial charge in [0, 0.05) is 17.9 Å². The van der Waals surface area contributed by atoms with Crippen molar-refractivity contribution in [3.63, 3.8) is 0 Å². The molecule has 0 aliphatic heterocycles. The van der Waals surface area contributed by atoms with Crippen LogP contribution >= 0.6 is 0 Å². The summed E-state index contributed by atoms with van der Waals surface area (Å²) in [5, 5.41) is 2.95. The van der Waals surface area contributed by atoms with Crippen molar-refractivity contribution in [1.29, 1.82) is 0 Å². The van der Waals surface area contributed by atoms with E-state index < -0.39 is 0 Å². The van der Waals surface area contributed by atoms with E-state index in [1.165, 1.54) is 0 Å². The fraction of sp³-hybridized carbons (Fsp3) is 0.588. The third-order valence-electron chi connectivity index (χ3n) is 4.13. The number of nitrogens with one attached hydrogen (secondary N) is 1. The molecule has 0 spiro atoms. The molecule has 21 heavy (non-hydrogen) atoms. The summed E-state index contributed by atoms with van der Waals surface area (Å²) in [6.45, 7) is 10.3. The number of amides is 1. The van der Waals surface area contributed by atoms with E-state index in [1.807, 2.05) is 25.1 Å². The lowest BCUT2D eigenvalue weighted by molar-refractivity contribution is -0.120. The minimum Gasteiger partial charge on any atom is -0.399 e. The number of carbonyl (C=O) groups excluding carboxylic acids is 1. The maximum absolute atomic E-state index is 12.4. The molecule has 0 aromatic heterocycles. The molecule has 118 valence electrons. The molecule has 0 bridgehead atoms. The van der Waals surface area contributed by atoms with Crippen LogP contribution < -0.4 is 11.1 Å². The highest BCUT2D eigenvalue weighted by atomic mass is 16.2. The summed E-state index contributed by atoms with van der Waals surface area (Å²) in [6, 6.07) is 7.15. The summed E-state index contributed by atoms with van der Waals surface area (Å²) in [4.78, 5) is 14.6. The van der Waals surface area contributed by atoms with Gasteiger partial charge in [-0.2, -0.15) is 0 Å². The van der Waals surface area contributed by atoms with Crippen LogP contribution in [0.15, 0.2) is 24.3 Å². The van der Waals surface area contributed by atoms with E-state index in [9.17, 15) is 4.79 Å². The zero-order chi connectivity index (χ0) is 15.8. The number of rotatable bonds is 8. The maximum Gasteiger partial charge on any atom is 0.241 e. The van der Waals surface area contributed by atoms with Gasteiger partial charge in [-0.3, -0.25) is 9.69 Å². The normalized spacial score (nSPS) is 12.7. The first kappa shape index (κ1) is 17.5. The maximum atomic E-state index is 12.4. The van der Waals surface area contributed by atoms with Crippen LogP contribution in [-0.2, 0) is 4.79 Å². The Bertz CT molecular complexity index is 443. The molecule has 1 aromatic carbocycles. The molecule has 0 aliphatic rings. The van der Waals surface area contributed by atoms with E-state index in [2.05, 4.69) is 31.0 Å². The zero-order valence-corrected chi connectivity index (χ0v) is 13.7. The third kappa shape index (κ3) is 5.38. The fourth-order valence-electron chi connectivity index (χ4n) is 2.47. The van der Waals surface area contributed by atoms with Crippen LogP contribution in [0.1, 0.15) is 40.5 Å². The highest BCUT2D eigenvalue weighted by Gasteiger charge is 2.22. The average Bonchev–Trinajstić information content (AvgIpc) is 2.48. The molecule has 0 saturated heterocycles. The topological polar surface area (TPSA) is 58.4 Å². The number of nitrogen functional groups attached to an aromatic ring is 1. The van der Waals surface area contributed by atoms with Gasteiger partial charge in [0.15, 0.2) is 0 Å². The molecule has 0 aliphatic carbocycles. The highest BCUT2D eigenvalue weighted by Crippen LogP contribution is 2.15. The molecule has 4 nitrogen and oxygen atoms in total. The quantitative estimate of drug-likeness (QED) is 0.722. The van der Waals surface area contributed by atoms with Crippen molar-refractivity contribution in [2.45, 2.75) is 46.6 Å². The van der Waals surface area contributed by atoms with Crippen molar-refractivity contribution in [2.24, 2.45) is 5.92 Å². The minimum atomic E-state index is -0.142. The van der Waals surface area contributed by atoms with Gasteiger partial charge in [0.25, 0.3) is 0 Å². The molecule has 0 fully saturated rings. The van der Waals surface area contributed by atoms with Crippen LogP contribution in [0.4, 0.5) is 11.4 Å². The predicted molar refractivity (Wildman–Crippen MR) is 90.3 cm³/mol. The molecule has 1 rings (SSSR count). The fourth-order valence-corrected chi connectivity index (χ4v) is 2.47. The van der Waals surface area contributed by atoms with Crippen LogP contribution in [0.5, 0.6) is 0 Å². The van der Waals surface area contributed by atoms with Crippen LogP contribution in [0.3, 0.4) is 0 Å². The number of nitrogens with two attached hydrogens (primary N) is 1. The van der Waals surface area contributed by atoms with Gasteiger partial charge in [-0.1, -0.05) is 39.7 Å². The summed E-state index contributed by atoms with van der Waals surface area (Å²) in [6.07, 6.45) is 2.30. The molecule has 0 heterocycles. The first-order chi connectivity index (χ1) is 10.0. The Morgan fingerprint density at radius 1 is 1.29 bits per heavy atom. The van der Waals surface area contributed by atoms with E-state index in [1.54, 1.807) is 6.07 Å². The van der Waals surface area contributed by atoms with Gasteiger partial charge < -0.3 is 11.1 Å². The van der Waals surface area contributed by atoms with Gasteiger partial charge in [-0.15, -0.1) is 0 Å². The van der Waals surface area contributed by atoms with Gasteiger partial charge in [-0.05, 0) is 37.6 Å². The van der Waals surface area contributed by atoms with E-state index in [0.29, 0.717) is 11.6 Å². The molecule has 1 amide bonds. The summed E-state index contributed by atoms with van der Waals surface area (Å²) in [7, 11) is 0. The summed E-state index contributed by atoms with van der Waals surface area (Å²) in [5.74, 6) is 0.668. The van der Waals surface area contributed by atoms with Crippen molar-refractivity contribution in [1.82, 2.24) is 4.90 Å². The van der Waals surface area contributed by atoms with Crippen LogP contribution in [0.2, 0.25) is 0 Å². The standard InChI is InChI=1S/C17H29N3O/c1-5-14(6-2)12-20(7-3)13(4)17(21)19-16-10-8-9-15(18)11-16/h8-11,13-14H,5-7,12,18H2,1-4H3,(H,19,21). The van der Waals surface area contributed by atoms with E-state index in [-0.39, 0.29) is 11.9 Å². The Labute approximate surface area is 128 Å². The van der Waals surface area contributed by atoms with E-state index in [0.717, 1.165) is 31.6 Å². The Morgan fingerprint density at radius 3 is 2.48 bits per heavy atom. The molecule has 0 radical (unpaired) electrons.